The van der Waals surface area contributed by atoms with Crippen molar-refractivity contribution in [1.29, 1.82) is 0 Å². The number of rotatable bonds is 5. The molecule has 10 heteroatoms. The van der Waals surface area contributed by atoms with Crippen molar-refractivity contribution in [3.8, 4) is 0 Å². The van der Waals surface area contributed by atoms with E-state index in [1.54, 1.807) is 23.1 Å². The molecule has 8 nitrogen and oxygen atoms in total. The van der Waals surface area contributed by atoms with Gasteiger partial charge in [-0.25, -0.2) is 9.97 Å². The van der Waals surface area contributed by atoms with Gasteiger partial charge in [-0.15, -0.1) is 21.5 Å². The number of nitrogens with zero attached hydrogens (tertiary/aromatic N) is 6. The monoisotopic (exact) mass is 431 g/mol. The standard InChI is InChI=1S/C19H25N7OS2/c1-2-26-18(25-7-9-27-10-8-25)23-24-19(26)28-11-14-21-16(20)15-12-5-3-4-6-13(12)29-17(15)22-14/h2-11H2,1H3,(H2,20,21,22). The largest absolute Gasteiger partial charge is 0.383 e. The molecule has 3 aromatic heterocycles. The number of anilines is 2. The maximum atomic E-state index is 6.35. The molecule has 0 bridgehead atoms. The van der Waals surface area contributed by atoms with E-state index in [1.165, 1.54) is 23.3 Å². The van der Waals surface area contributed by atoms with Crippen LogP contribution in [0.15, 0.2) is 5.16 Å². The Hall–Kier alpha value is -1.91. The van der Waals surface area contributed by atoms with Crippen molar-refractivity contribution in [2.45, 2.75) is 50.1 Å². The first-order chi connectivity index (χ1) is 14.2. The predicted molar refractivity (Wildman–Crippen MR) is 117 cm³/mol. The van der Waals surface area contributed by atoms with Crippen LogP contribution in [0.3, 0.4) is 0 Å². The van der Waals surface area contributed by atoms with E-state index in [2.05, 4.69) is 31.6 Å². The van der Waals surface area contributed by atoms with E-state index in [1.807, 2.05) is 0 Å². The van der Waals surface area contributed by atoms with Crippen LogP contribution in [-0.2, 0) is 29.9 Å². The SMILES string of the molecule is CCn1c(SCc2nc(N)c3c4c(sc3n2)CCCC4)nnc1N1CCOCC1. The zero-order valence-corrected chi connectivity index (χ0v) is 18.2. The number of thioether (sulfide) groups is 1. The van der Waals surface area contributed by atoms with Crippen molar-refractivity contribution in [3.05, 3.63) is 16.3 Å². The van der Waals surface area contributed by atoms with E-state index in [-0.39, 0.29) is 0 Å². The first-order valence-electron chi connectivity index (χ1n) is 10.2. The van der Waals surface area contributed by atoms with Crippen LogP contribution < -0.4 is 10.6 Å². The molecule has 0 spiro atoms. The van der Waals surface area contributed by atoms with Crippen LogP contribution in [0.25, 0.3) is 10.2 Å². The second-order valence-electron chi connectivity index (χ2n) is 7.33. The first kappa shape index (κ1) is 19.1. The third-order valence-corrected chi connectivity index (χ3v) is 7.68. The number of fused-ring (bicyclic) bond motifs is 3. The summed E-state index contributed by atoms with van der Waals surface area (Å²) >= 11 is 3.41. The highest BCUT2D eigenvalue weighted by molar-refractivity contribution is 7.98. The van der Waals surface area contributed by atoms with Gasteiger partial charge >= 0.3 is 0 Å². The van der Waals surface area contributed by atoms with Crippen molar-refractivity contribution < 1.29 is 4.74 Å². The number of ether oxygens (including phenoxy) is 1. The van der Waals surface area contributed by atoms with Gasteiger partial charge < -0.3 is 15.4 Å². The van der Waals surface area contributed by atoms with Gasteiger partial charge in [0.25, 0.3) is 0 Å². The summed E-state index contributed by atoms with van der Waals surface area (Å²) in [5, 5.41) is 10.8. The van der Waals surface area contributed by atoms with Gasteiger partial charge in [0.1, 0.15) is 16.5 Å². The number of nitrogen functional groups attached to an aromatic ring is 1. The number of hydrogen-bond acceptors (Lipinski definition) is 9. The summed E-state index contributed by atoms with van der Waals surface area (Å²) in [5.74, 6) is 2.93. The van der Waals surface area contributed by atoms with Crippen molar-refractivity contribution in [1.82, 2.24) is 24.7 Å². The quantitative estimate of drug-likeness (QED) is 0.616. The van der Waals surface area contributed by atoms with Crippen LogP contribution in [0.2, 0.25) is 0 Å². The third kappa shape index (κ3) is 3.57. The number of aryl methyl sites for hydroxylation is 2. The Balaban J connectivity index is 1.37. The average Bonchev–Trinajstić information content (AvgIpc) is 3.33. The molecular weight excluding hydrogens is 406 g/mol. The third-order valence-electron chi connectivity index (χ3n) is 5.53. The minimum atomic E-state index is 0.621. The number of hydrogen-bond donors (Lipinski definition) is 1. The molecule has 1 saturated heterocycles. The van der Waals surface area contributed by atoms with Gasteiger partial charge in [-0.05, 0) is 38.2 Å². The summed E-state index contributed by atoms with van der Waals surface area (Å²) in [5.41, 5.74) is 7.73. The van der Waals surface area contributed by atoms with Crippen LogP contribution in [0.1, 0.15) is 36.0 Å². The predicted octanol–water partition coefficient (Wildman–Crippen LogP) is 2.89. The van der Waals surface area contributed by atoms with Crippen LogP contribution in [0, 0.1) is 0 Å². The van der Waals surface area contributed by atoms with Crippen LogP contribution in [0.4, 0.5) is 11.8 Å². The number of morpholine rings is 1. The lowest BCUT2D eigenvalue weighted by Crippen LogP contribution is -2.38. The molecule has 29 heavy (non-hydrogen) atoms. The van der Waals surface area contributed by atoms with E-state index in [0.29, 0.717) is 11.6 Å². The smallest absolute Gasteiger partial charge is 0.228 e. The van der Waals surface area contributed by atoms with Gasteiger partial charge in [-0.3, -0.25) is 4.57 Å². The van der Waals surface area contributed by atoms with Crippen LogP contribution >= 0.6 is 23.1 Å². The normalized spacial score (nSPS) is 17.1. The van der Waals surface area contributed by atoms with Gasteiger partial charge in [-0.2, -0.15) is 0 Å². The summed E-state index contributed by atoms with van der Waals surface area (Å²) < 4.78 is 7.61. The Bertz CT molecular complexity index is 1030. The molecule has 2 N–H and O–H groups in total. The lowest BCUT2D eigenvalue weighted by Gasteiger charge is -2.27. The molecular formula is C19H25N7OS2. The van der Waals surface area contributed by atoms with Crippen LogP contribution in [0.5, 0.6) is 0 Å². The Labute approximate surface area is 177 Å². The van der Waals surface area contributed by atoms with Crippen molar-refractivity contribution in [2.75, 3.05) is 36.9 Å². The van der Waals surface area contributed by atoms with E-state index in [4.69, 9.17) is 15.5 Å². The van der Waals surface area contributed by atoms with Gasteiger partial charge in [-0.1, -0.05) is 11.8 Å². The molecule has 2 aliphatic rings. The number of nitrogens with two attached hydrogens (primary N) is 1. The zero-order valence-electron chi connectivity index (χ0n) is 16.6. The molecule has 0 radical (unpaired) electrons. The second kappa shape index (κ2) is 8.08. The molecule has 0 amide bonds. The second-order valence-corrected chi connectivity index (χ2v) is 9.36. The molecule has 3 aromatic rings. The molecule has 1 aliphatic heterocycles. The summed E-state index contributed by atoms with van der Waals surface area (Å²) in [6.07, 6.45) is 4.73. The van der Waals surface area contributed by atoms with Crippen LogP contribution in [-0.4, -0.2) is 51.0 Å². The van der Waals surface area contributed by atoms with E-state index >= 15 is 0 Å². The molecule has 1 fully saturated rings. The molecule has 4 heterocycles. The summed E-state index contributed by atoms with van der Waals surface area (Å²) in [4.78, 5) is 14.2. The Morgan fingerprint density at radius 3 is 2.79 bits per heavy atom. The number of thiophene rings is 1. The van der Waals surface area contributed by atoms with Crippen molar-refractivity contribution >= 4 is 45.1 Å². The molecule has 0 atom stereocenters. The van der Waals surface area contributed by atoms with Gasteiger partial charge in [0, 0.05) is 24.5 Å². The molecule has 0 aromatic carbocycles. The highest BCUT2D eigenvalue weighted by Crippen LogP contribution is 2.38. The minimum absolute atomic E-state index is 0.621. The number of aromatic nitrogens is 5. The van der Waals surface area contributed by atoms with Gasteiger partial charge in [0.15, 0.2) is 5.16 Å². The van der Waals surface area contributed by atoms with Crippen molar-refractivity contribution in [3.63, 3.8) is 0 Å². The van der Waals surface area contributed by atoms with E-state index in [0.717, 1.165) is 72.8 Å². The molecule has 0 unspecified atom stereocenters. The van der Waals surface area contributed by atoms with Gasteiger partial charge in [0.05, 0.1) is 24.4 Å². The maximum absolute atomic E-state index is 6.35. The molecule has 5 rings (SSSR count). The zero-order chi connectivity index (χ0) is 19.8. The lowest BCUT2D eigenvalue weighted by atomic mass is 9.97. The maximum Gasteiger partial charge on any atom is 0.228 e. The summed E-state index contributed by atoms with van der Waals surface area (Å²) in [7, 11) is 0. The fraction of sp³-hybridized carbons (Fsp3) is 0.579. The minimum Gasteiger partial charge on any atom is -0.383 e. The summed E-state index contributed by atoms with van der Waals surface area (Å²) in [6, 6.07) is 0. The Morgan fingerprint density at radius 1 is 1.14 bits per heavy atom. The molecule has 0 saturated carbocycles. The fourth-order valence-electron chi connectivity index (χ4n) is 4.09. The van der Waals surface area contributed by atoms with Crippen molar-refractivity contribution in [2.24, 2.45) is 0 Å². The fourth-order valence-corrected chi connectivity index (χ4v) is 6.23. The Kier molecular flexibility index (Phi) is 5.31. The highest BCUT2D eigenvalue weighted by atomic mass is 32.2. The molecule has 1 aliphatic carbocycles. The average molecular weight is 432 g/mol. The lowest BCUT2D eigenvalue weighted by molar-refractivity contribution is 0.121. The highest BCUT2D eigenvalue weighted by Gasteiger charge is 2.22. The molecule has 154 valence electrons. The Morgan fingerprint density at radius 2 is 1.97 bits per heavy atom. The van der Waals surface area contributed by atoms with E-state index in [9.17, 15) is 0 Å². The topological polar surface area (TPSA) is 95.0 Å². The summed E-state index contributed by atoms with van der Waals surface area (Å²) in [6.45, 7) is 6.11. The van der Waals surface area contributed by atoms with Gasteiger partial charge in [0.2, 0.25) is 5.95 Å². The first-order valence-corrected chi connectivity index (χ1v) is 12.0. The van der Waals surface area contributed by atoms with E-state index < -0.39 is 0 Å².